The molecular weight excluding hydrogens is 254 g/mol. The fraction of sp³-hybridized carbons (Fsp3) is 0.286. The van der Waals surface area contributed by atoms with Gasteiger partial charge < -0.3 is 10.6 Å². The first kappa shape index (κ1) is 12.5. The first-order valence-corrected chi connectivity index (χ1v) is 6.61. The normalized spacial score (nSPS) is 18.4. The van der Waals surface area contributed by atoms with E-state index in [0.717, 1.165) is 24.9 Å². The van der Waals surface area contributed by atoms with Crippen LogP contribution in [0.1, 0.15) is 12.8 Å². The van der Waals surface area contributed by atoms with Gasteiger partial charge in [0.15, 0.2) is 5.82 Å². The summed E-state index contributed by atoms with van der Waals surface area (Å²) in [6.45, 7) is 0.740. The number of amides is 1. The number of nitrogens with zero attached hydrogens (tertiary/aromatic N) is 3. The maximum absolute atomic E-state index is 11.7. The number of hydrogen-bond donors (Lipinski definition) is 2. The Morgan fingerprint density at radius 3 is 2.85 bits per heavy atom. The zero-order valence-corrected chi connectivity index (χ0v) is 10.9. The van der Waals surface area contributed by atoms with Crippen LogP contribution in [0.15, 0.2) is 36.7 Å². The summed E-state index contributed by atoms with van der Waals surface area (Å²) in [4.78, 5) is 24.3. The zero-order valence-electron chi connectivity index (χ0n) is 10.9. The second-order valence-corrected chi connectivity index (χ2v) is 4.63. The molecule has 6 nitrogen and oxygen atoms in total. The lowest BCUT2D eigenvalue weighted by molar-refractivity contribution is -0.123. The molecule has 0 spiro atoms. The average molecular weight is 269 g/mol. The molecule has 1 aromatic carbocycles. The molecule has 1 atom stereocenters. The van der Waals surface area contributed by atoms with Crippen molar-refractivity contribution in [2.75, 3.05) is 11.9 Å². The largest absolute Gasteiger partial charge is 0.354 e. The fourth-order valence-electron chi connectivity index (χ4n) is 2.16. The molecule has 0 radical (unpaired) electrons. The van der Waals surface area contributed by atoms with Crippen molar-refractivity contribution in [1.29, 1.82) is 0 Å². The summed E-state index contributed by atoms with van der Waals surface area (Å²) in [6, 6.07) is 9.41. The number of carbonyl (C=O) groups excluding carboxylic acids is 1. The highest BCUT2D eigenvalue weighted by Gasteiger charge is 2.22. The molecule has 0 saturated carbocycles. The van der Waals surface area contributed by atoms with E-state index < -0.39 is 0 Å². The number of aromatic nitrogens is 3. The molecule has 1 saturated heterocycles. The summed E-state index contributed by atoms with van der Waals surface area (Å²) in [6.07, 6.45) is 3.20. The highest BCUT2D eigenvalue weighted by molar-refractivity contribution is 5.84. The molecule has 1 aromatic heterocycles. The van der Waals surface area contributed by atoms with Gasteiger partial charge in [-0.15, -0.1) is 0 Å². The van der Waals surface area contributed by atoms with Gasteiger partial charge in [0.25, 0.3) is 0 Å². The van der Waals surface area contributed by atoms with E-state index in [0.29, 0.717) is 11.8 Å². The summed E-state index contributed by atoms with van der Waals surface area (Å²) in [7, 11) is 0. The Labute approximate surface area is 116 Å². The lowest BCUT2D eigenvalue weighted by Crippen LogP contribution is -2.44. The van der Waals surface area contributed by atoms with Crippen LogP contribution in [0.25, 0.3) is 11.4 Å². The summed E-state index contributed by atoms with van der Waals surface area (Å²) in [5, 5.41) is 5.89. The van der Waals surface area contributed by atoms with Crippen LogP contribution >= 0.6 is 0 Å². The van der Waals surface area contributed by atoms with Gasteiger partial charge in [0.2, 0.25) is 11.9 Å². The molecule has 1 aliphatic heterocycles. The number of anilines is 1. The van der Waals surface area contributed by atoms with Crippen molar-refractivity contribution >= 4 is 11.9 Å². The molecule has 0 bridgehead atoms. The van der Waals surface area contributed by atoms with Crippen molar-refractivity contribution < 1.29 is 4.79 Å². The number of carbonyl (C=O) groups is 1. The van der Waals surface area contributed by atoms with Gasteiger partial charge in [-0.05, 0) is 12.8 Å². The SMILES string of the molecule is O=C1NCCCC1Nc1ncnc(-c2ccccc2)n1. The molecule has 102 valence electrons. The van der Waals surface area contributed by atoms with Crippen LogP contribution in [0.2, 0.25) is 0 Å². The van der Waals surface area contributed by atoms with Gasteiger partial charge in [-0.1, -0.05) is 30.3 Å². The van der Waals surface area contributed by atoms with Crippen LogP contribution in [0.3, 0.4) is 0 Å². The lowest BCUT2D eigenvalue weighted by atomic mass is 10.1. The molecule has 2 aromatic rings. The molecule has 0 aliphatic carbocycles. The highest BCUT2D eigenvalue weighted by Crippen LogP contribution is 2.15. The van der Waals surface area contributed by atoms with Gasteiger partial charge in [0.1, 0.15) is 12.4 Å². The monoisotopic (exact) mass is 269 g/mol. The van der Waals surface area contributed by atoms with E-state index in [-0.39, 0.29) is 11.9 Å². The molecule has 1 unspecified atom stereocenters. The van der Waals surface area contributed by atoms with Crippen molar-refractivity contribution in [2.45, 2.75) is 18.9 Å². The van der Waals surface area contributed by atoms with Gasteiger partial charge in [-0.2, -0.15) is 4.98 Å². The van der Waals surface area contributed by atoms with Crippen molar-refractivity contribution in [3.63, 3.8) is 0 Å². The average Bonchev–Trinajstić information content (AvgIpc) is 2.51. The van der Waals surface area contributed by atoms with Crippen molar-refractivity contribution in [1.82, 2.24) is 20.3 Å². The predicted molar refractivity (Wildman–Crippen MR) is 74.9 cm³/mol. The van der Waals surface area contributed by atoms with Gasteiger partial charge >= 0.3 is 0 Å². The smallest absolute Gasteiger partial charge is 0.242 e. The molecule has 20 heavy (non-hydrogen) atoms. The van der Waals surface area contributed by atoms with Crippen molar-refractivity contribution in [2.24, 2.45) is 0 Å². The van der Waals surface area contributed by atoms with Crippen LogP contribution in [0.4, 0.5) is 5.95 Å². The Balaban J connectivity index is 1.79. The van der Waals surface area contributed by atoms with E-state index >= 15 is 0 Å². The second-order valence-electron chi connectivity index (χ2n) is 4.63. The van der Waals surface area contributed by atoms with E-state index in [1.807, 2.05) is 30.3 Å². The highest BCUT2D eigenvalue weighted by atomic mass is 16.2. The summed E-state index contributed by atoms with van der Waals surface area (Å²) >= 11 is 0. The van der Waals surface area contributed by atoms with Crippen LogP contribution in [0, 0.1) is 0 Å². The third-order valence-corrected chi connectivity index (χ3v) is 3.19. The Kier molecular flexibility index (Phi) is 3.54. The van der Waals surface area contributed by atoms with E-state index in [2.05, 4.69) is 25.6 Å². The molecule has 2 N–H and O–H groups in total. The number of piperidine rings is 1. The molecule has 2 heterocycles. The standard InChI is InChI=1S/C14H15N5O/c20-13-11(7-4-8-15-13)18-14-17-9-16-12(19-14)10-5-2-1-3-6-10/h1-3,5-6,9,11H,4,7-8H2,(H,15,20)(H,16,17,18,19). The van der Waals surface area contributed by atoms with Crippen molar-refractivity contribution in [3.8, 4) is 11.4 Å². The first-order chi connectivity index (χ1) is 9.83. The third-order valence-electron chi connectivity index (χ3n) is 3.19. The molecule has 1 aliphatic rings. The number of benzene rings is 1. The van der Waals surface area contributed by atoms with Gasteiger partial charge in [-0.3, -0.25) is 4.79 Å². The van der Waals surface area contributed by atoms with Crippen LogP contribution in [-0.4, -0.2) is 33.4 Å². The van der Waals surface area contributed by atoms with Crippen LogP contribution < -0.4 is 10.6 Å². The minimum absolute atomic E-state index is 0.00192. The number of rotatable bonds is 3. The molecule has 6 heteroatoms. The second kappa shape index (κ2) is 5.64. The third kappa shape index (κ3) is 2.74. The first-order valence-electron chi connectivity index (χ1n) is 6.61. The van der Waals surface area contributed by atoms with Crippen LogP contribution in [0.5, 0.6) is 0 Å². The molecule has 3 rings (SSSR count). The van der Waals surface area contributed by atoms with E-state index in [9.17, 15) is 4.79 Å². The van der Waals surface area contributed by atoms with Gasteiger partial charge in [-0.25, -0.2) is 9.97 Å². The summed E-state index contributed by atoms with van der Waals surface area (Å²) < 4.78 is 0. The van der Waals surface area contributed by atoms with E-state index in [4.69, 9.17) is 0 Å². The zero-order chi connectivity index (χ0) is 13.8. The maximum atomic E-state index is 11.7. The summed E-state index contributed by atoms with van der Waals surface area (Å²) in [5.74, 6) is 1.03. The predicted octanol–water partition coefficient (Wildman–Crippen LogP) is 1.23. The Bertz CT molecular complexity index is 602. The minimum Gasteiger partial charge on any atom is -0.354 e. The van der Waals surface area contributed by atoms with Gasteiger partial charge in [0, 0.05) is 12.1 Å². The Morgan fingerprint density at radius 2 is 2.05 bits per heavy atom. The lowest BCUT2D eigenvalue weighted by Gasteiger charge is -2.22. The quantitative estimate of drug-likeness (QED) is 0.876. The van der Waals surface area contributed by atoms with Crippen LogP contribution in [-0.2, 0) is 4.79 Å². The maximum Gasteiger partial charge on any atom is 0.242 e. The molecule has 1 amide bonds. The Morgan fingerprint density at radius 1 is 1.20 bits per heavy atom. The molecule has 1 fully saturated rings. The summed E-state index contributed by atoms with van der Waals surface area (Å²) in [5.41, 5.74) is 0.922. The number of nitrogens with one attached hydrogen (secondary N) is 2. The Hall–Kier alpha value is -2.50. The van der Waals surface area contributed by atoms with E-state index in [1.54, 1.807) is 0 Å². The minimum atomic E-state index is -0.269. The number of hydrogen-bond acceptors (Lipinski definition) is 5. The molecular formula is C14H15N5O. The topological polar surface area (TPSA) is 79.8 Å². The van der Waals surface area contributed by atoms with Crippen molar-refractivity contribution in [3.05, 3.63) is 36.7 Å². The van der Waals surface area contributed by atoms with Gasteiger partial charge in [0.05, 0.1) is 0 Å². The van der Waals surface area contributed by atoms with E-state index in [1.165, 1.54) is 6.33 Å². The fourth-order valence-corrected chi connectivity index (χ4v) is 2.16.